The van der Waals surface area contributed by atoms with Crippen molar-refractivity contribution in [2.24, 2.45) is 0 Å². The minimum Gasteiger partial charge on any atom is -0.493 e. The third kappa shape index (κ3) is 3.22. The topological polar surface area (TPSA) is 156 Å². The van der Waals surface area contributed by atoms with E-state index in [-0.39, 0.29) is 17.1 Å². The highest BCUT2D eigenvalue weighted by molar-refractivity contribution is 5.80. The highest BCUT2D eigenvalue weighted by atomic mass is 16.7. The Bertz CT molecular complexity index is 875. The lowest BCUT2D eigenvalue weighted by atomic mass is 9.99. The minimum atomic E-state index is -1.83. The standard InChI is InChI=1S/C16H16O10/c1-23-8-4-6-2-3-10(17)24-7(6)5-9(8)25-16-13(20)11(18)12(19)14(26-16)15(21)22/h2-5,11-14,16,18-20H,1H3,(H,21,22)/t11-,12+,13+,14-,16+/m0/s1. The van der Waals surface area contributed by atoms with Crippen molar-refractivity contribution >= 4 is 16.9 Å². The van der Waals surface area contributed by atoms with Crippen LogP contribution < -0.4 is 15.1 Å². The summed E-state index contributed by atoms with van der Waals surface area (Å²) in [4.78, 5) is 22.5. The number of rotatable bonds is 4. The van der Waals surface area contributed by atoms with E-state index < -0.39 is 42.3 Å². The second-order valence-corrected chi connectivity index (χ2v) is 5.65. The molecule has 1 saturated heterocycles. The number of aliphatic carboxylic acids is 1. The average Bonchev–Trinajstić information content (AvgIpc) is 2.61. The van der Waals surface area contributed by atoms with Gasteiger partial charge in [-0.3, -0.25) is 0 Å². The van der Waals surface area contributed by atoms with E-state index in [1.807, 2.05) is 0 Å². The molecule has 1 aromatic heterocycles. The second kappa shape index (κ2) is 6.92. The molecular formula is C16H16O10. The smallest absolute Gasteiger partial charge is 0.336 e. The lowest BCUT2D eigenvalue weighted by Crippen LogP contribution is -2.61. The van der Waals surface area contributed by atoms with E-state index in [1.54, 1.807) is 0 Å². The third-order valence-corrected chi connectivity index (χ3v) is 3.96. The summed E-state index contributed by atoms with van der Waals surface area (Å²) >= 11 is 0. The molecule has 0 aliphatic carbocycles. The third-order valence-electron chi connectivity index (χ3n) is 3.96. The molecule has 2 heterocycles. The molecule has 140 valence electrons. The molecule has 10 nitrogen and oxygen atoms in total. The SMILES string of the molecule is COc1cc2ccc(=O)oc2cc1O[C@@H]1O[C@H](C(=O)O)[C@H](O)[C@H](O)[C@H]1O. The van der Waals surface area contributed by atoms with Crippen LogP contribution in [0, 0.1) is 0 Å². The Morgan fingerprint density at radius 3 is 2.46 bits per heavy atom. The van der Waals surface area contributed by atoms with Gasteiger partial charge < -0.3 is 39.1 Å². The van der Waals surface area contributed by atoms with Crippen molar-refractivity contribution in [2.45, 2.75) is 30.7 Å². The van der Waals surface area contributed by atoms with Gasteiger partial charge in [-0.25, -0.2) is 9.59 Å². The van der Waals surface area contributed by atoms with Crippen LogP contribution in [0.2, 0.25) is 0 Å². The van der Waals surface area contributed by atoms with E-state index in [1.165, 1.54) is 31.4 Å². The molecule has 0 radical (unpaired) electrons. The Morgan fingerprint density at radius 1 is 1.08 bits per heavy atom. The quantitative estimate of drug-likeness (QED) is 0.497. The molecule has 1 fully saturated rings. The normalized spacial score (nSPS) is 28.7. The zero-order valence-electron chi connectivity index (χ0n) is 13.4. The molecule has 1 aliphatic heterocycles. The Kier molecular flexibility index (Phi) is 4.83. The van der Waals surface area contributed by atoms with Crippen molar-refractivity contribution in [3.63, 3.8) is 0 Å². The summed E-state index contributed by atoms with van der Waals surface area (Å²) in [6.45, 7) is 0. The van der Waals surface area contributed by atoms with Crippen LogP contribution in [0.5, 0.6) is 11.5 Å². The maximum absolute atomic E-state index is 11.4. The summed E-state index contributed by atoms with van der Waals surface area (Å²) in [5, 5.41) is 39.1. The molecule has 0 spiro atoms. The molecule has 1 aromatic carbocycles. The van der Waals surface area contributed by atoms with Gasteiger partial charge >= 0.3 is 11.6 Å². The lowest BCUT2D eigenvalue weighted by molar-refractivity contribution is -0.271. The van der Waals surface area contributed by atoms with Gasteiger partial charge in [-0.15, -0.1) is 0 Å². The average molecular weight is 368 g/mol. The Balaban J connectivity index is 1.96. The van der Waals surface area contributed by atoms with E-state index in [4.69, 9.17) is 23.7 Å². The fraction of sp³-hybridized carbons (Fsp3) is 0.375. The van der Waals surface area contributed by atoms with Gasteiger partial charge in [-0.2, -0.15) is 0 Å². The molecular weight excluding hydrogens is 352 g/mol. The first kappa shape index (κ1) is 18.1. The number of fused-ring (bicyclic) bond motifs is 1. The molecule has 4 N–H and O–H groups in total. The largest absolute Gasteiger partial charge is 0.493 e. The van der Waals surface area contributed by atoms with Crippen LogP contribution in [0.3, 0.4) is 0 Å². The fourth-order valence-electron chi connectivity index (χ4n) is 2.60. The number of carboxylic acids is 1. The molecule has 26 heavy (non-hydrogen) atoms. The van der Waals surface area contributed by atoms with Crippen LogP contribution >= 0.6 is 0 Å². The minimum absolute atomic E-state index is 0.0221. The Labute approximate surface area is 145 Å². The number of aliphatic hydroxyl groups excluding tert-OH is 3. The Morgan fingerprint density at radius 2 is 1.81 bits per heavy atom. The Hall–Kier alpha value is -2.66. The van der Waals surface area contributed by atoms with Crippen LogP contribution in [-0.2, 0) is 9.53 Å². The molecule has 3 rings (SSSR count). The van der Waals surface area contributed by atoms with Gasteiger partial charge in [0.05, 0.1) is 7.11 Å². The first-order chi connectivity index (χ1) is 12.3. The zero-order valence-corrected chi connectivity index (χ0v) is 13.4. The first-order valence-electron chi connectivity index (χ1n) is 7.53. The van der Waals surface area contributed by atoms with Gasteiger partial charge in [0.1, 0.15) is 23.9 Å². The van der Waals surface area contributed by atoms with Crippen LogP contribution in [0.4, 0.5) is 0 Å². The summed E-state index contributed by atoms with van der Waals surface area (Å²) in [6, 6.07) is 5.55. The fourth-order valence-corrected chi connectivity index (χ4v) is 2.60. The van der Waals surface area contributed by atoms with Crippen molar-refractivity contribution < 1.29 is 43.8 Å². The zero-order chi connectivity index (χ0) is 19.0. The molecule has 0 bridgehead atoms. The number of benzene rings is 1. The van der Waals surface area contributed by atoms with Gasteiger partial charge in [0.25, 0.3) is 0 Å². The number of carboxylic acid groups (broad SMARTS) is 1. The van der Waals surface area contributed by atoms with Crippen LogP contribution in [-0.4, -0.2) is 64.2 Å². The van der Waals surface area contributed by atoms with Crippen LogP contribution in [0.1, 0.15) is 0 Å². The molecule has 5 atom stereocenters. The first-order valence-corrected chi connectivity index (χ1v) is 7.53. The van der Waals surface area contributed by atoms with E-state index in [9.17, 15) is 24.9 Å². The van der Waals surface area contributed by atoms with Crippen LogP contribution in [0.25, 0.3) is 11.0 Å². The molecule has 0 unspecified atom stereocenters. The van der Waals surface area contributed by atoms with E-state index in [0.717, 1.165) is 0 Å². The van der Waals surface area contributed by atoms with Gasteiger partial charge in [0, 0.05) is 17.5 Å². The van der Waals surface area contributed by atoms with E-state index >= 15 is 0 Å². The number of ether oxygens (including phenoxy) is 3. The number of aliphatic hydroxyl groups is 3. The van der Waals surface area contributed by atoms with Gasteiger partial charge in [0.15, 0.2) is 17.6 Å². The van der Waals surface area contributed by atoms with Crippen molar-refractivity contribution in [3.8, 4) is 11.5 Å². The lowest BCUT2D eigenvalue weighted by Gasteiger charge is -2.38. The van der Waals surface area contributed by atoms with Crippen molar-refractivity contribution in [3.05, 3.63) is 34.7 Å². The number of hydrogen-bond donors (Lipinski definition) is 4. The van der Waals surface area contributed by atoms with E-state index in [2.05, 4.69) is 0 Å². The summed E-state index contributed by atoms with van der Waals surface area (Å²) in [6.07, 6.45) is -8.79. The number of hydrogen-bond acceptors (Lipinski definition) is 9. The summed E-state index contributed by atoms with van der Waals surface area (Å²) < 4.78 is 20.7. The van der Waals surface area contributed by atoms with Crippen molar-refractivity contribution in [2.75, 3.05) is 7.11 Å². The maximum Gasteiger partial charge on any atom is 0.336 e. The summed E-state index contributed by atoms with van der Waals surface area (Å²) in [5.41, 5.74) is -0.430. The van der Waals surface area contributed by atoms with Gasteiger partial charge in [-0.1, -0.05) is 0 Å². The van der Waals surface area contributed by atoms with Crippen molar-refractivity contribution in [1.82, 2.24) is 0 Å². The maximum atomic E-state index is 11.4. The highest BCUT2D eigenvalue weighted by Gasteiger charge is 2.48. The monoisotopic (exact) mass is 368 g/mol. The number of methoxy groups -OCH3 is 1. The number of carbonyl (C=O) groups is 1. The van der Waals surface area contributed by atoms with Crippen molar-refractivity contribution in [1.29, 1.82) is 0 Å². The molecule has 0 amide bonds. The van der Waals surface area contributed by atoms with E-state index in [0.29, 0.717) is 5.39 Å². The second-order valence-electron chi connectivity index (χ2n) is 5.65. The predicted octanol–water partition coefficient (Wildman–Crippen LogP) is -0.927. The van der Waals surface area contributed by atoms with Crippen LogP contribution in [0.15, 0.2) is 33.5 Å². The molecule has 10 heteroatoms. The summed E-state index contributed by atoms with van der Waals surface area (Å²) in [7, 11) is 1.35. The molecule has 1 aliphatic rings. The summed E-state index contributed by atoms with van der Waals surface area (Å²) in [5.74, 6) is -1.37. The predicted molar refractivity (Wildman–Crippen MR) is 84.0 cm³/mol. The molecule has 0 saturated carbocycles. The highest BCUT2D eigenvalue weighted by Crippen LogP contribution is 2.34. The van der Waals surface area contributed by atoms with Gasteiger partial charge in [0.2, 0.25) is 6.29 Å². The molecule has 2 aromatic rings. The van der Waals surface area contributed by atoms with Gasteiger partial charge in [-0.05, 0) is 12.1 Å².